The molecule has 4 nitrogen and oxygen atoms in total. The largest absolute Gasteiger partial charge is 0.275 e. The van der Waals surface area contributed by atoms with E-state index in [-0.39, 0.29) is 11.8 Å². The van der Waals surface area contributed by atoms with Gasteiger partial charge in [-0.05, 0) is 19.1 Å². The lowest BCUT2D eigenvalue weighted by Crippen LogP contribution is -2.32. The van der Waals surface area contributed by atoms with Gasteiger partial charge < -0.3 is 0 Å². The van der Waals surface area contributed by atoms with E-state index in [4.69, 9.17) is 0 Å². The normalized spacial score (nSPS) is 15.6. The molecule has 2 amide bonds. The lowest BCUT2D eigenvalue weighted by atomic mass is 10.2. The van der Waals surface area contributed by atoms with Gasteiger partial charge in [0.05, 0.1) is 0 Å². The number of aromatic nitrogens is 1. The third-order valence-corrected chi connectivity index (χ3v) is 2.51. The number of nitrogens with zero attached hydrogens (tertiary/aromatic N) is 2. The smallest absolute Gasteiger partial charge is 0.256 e. The van der Waals surface area contributed by atoms with Crippen LogP contribution >= 0.6 is 0 Å². The predicted octanol–water partition coefficient (Wildman–Crippen LogP) is 0.939. The van der Waals surface area contributed by atoms with Crippen molar-refractivity contribution in [1.82, 2.24) is 9.88 Å². The van der Waals surface area contributed by atoms with E-state index in [0.717, 1.165) is 5.69 Å². The van der Waals surface area contributed by atoms with Crippen molar-refractivity contribution in [2.45, 2.75) is 13.3 Å². The van der Waals surface area contributed by atoms with E-state index in [1.807, 2.05) is 18.2 Å². The Hall–Kier alpha value is -1.97. The Morgan fingerprint density at radius 1 is 1.31 bits per heavy atom. The maximum atomic E-state index is 11.6. The van der Waals surface area contributed by atoms with E-state index in [1.54, 1.807) is 13.1 Å². The molecule has 2 heterocycles. The molecule has 0 radical (unpaired) electrons. The highest BCUT2D eigenvalue weighted by Gasteiger charge is 2.27. The monoisotopic (exact) mass is 216 g/mol. The molecule has 0 saturated carbocycles. The SMILES string of the molecule is CC1=CC(=O)N(CCc2ccccn2)C1=O. The van der Waals surface area contributed by atoms with Crippen LogP contribution in [0.15, 0.2) is 36.0 Å². The van der Waals surface area contributed by atoms with Gasteiger partial charge >= 0.3 is 0 Å². The van der Waals surface area contributed by atoms with Gasteiger partial charge in [-0.3, -0.25) is 19.5 Å². The molecule has 0 atom stereocenters. The van der Waals surface area contributed by atoms with E-state index in [1.165, 1.54) is 11.0 Å². The average molecular weight is 216 g/mol. The Kier molecular flexibility index (Phi) is 2.81. The van der Waals surface area contributed by atoms with Gasteiger partial charge in [0.25, 0.3) is 11.8 Å². The average Bonchev–Trinajstić information content (AvgIpc) is 2.53. The second-order valence-corrected chi connectivity index (χ2v) is 3.69. The first-order valence-electron chi connectivity index (χ1n) is 5.12. The molecule has 1 aromatic heterocycles. The second-order valence-electron chi connectivity index (χ2n) is 3.69. The van der Waals surface area contributed by atoms with E-state index in [0.29, 0.717) is 18.5 Å². The van der Waals surface area contributed by atoms with Gasteiger partial charge in [-0.2, -0.15) is 0 Å². The highest BCUT2D eigenvalue weighted by molar-refractivity contribution is 6.15. The van der Waals surface area contributed by atoms with Crippen LogP contribution in [0.3, 0.4) is 0 Å². The minimum atomic E-state index is -0.224. The quantitative estimate of drug-likeness (QED) is 0.706. The van der Waals surface area contributed by atoms with Gasteiger partial charge in [0.15, 0.2) is 0 Å². The Bertz CT molecular complexity index is 451. The molecule has 1 aliphatic heterocycles. The third kappa shape index (κ3) is 2.00. The molecule has 0 bridgehead atoms. The fourth-order valence-electron chi connectivity index (χ4n) is 1.62. The maximum absolute atomic E-state index is 11.6. The molecule has 4 heteroatoms. The van der Waals surface area contributed by atoms with Crippen molar-refractivity contribution in [3.05, 3.63) is 41.7 Å². The number of carbonyl (C=O) groups excluding carboxylic acids is 2. The summed E-state index contributed by atoms with van der Waals surface area (Å²) in [5.74, 6) is -0.417. The molecule has 0 aromatic carbocycles. The van der Waals surface area contributed by atoms with Gasteiger partial charge in [-0.15, -0.1) is 0 Å². The van der Waals surface area contributed by atoms with Crippen molar-refractivity contribution >= 4 is 11.8 Å². The number of pyridine rings is 1. The zero-order valence-corrected chi connectivity index (χ0v) is 9.01. The number of carbonyl (C=O) groups is 2. The molecule has 0 saturated heterocycles. The van der Waals surface area contributed by atoms with Crippen LogP contribution in [0.25, 0.3) is 0 Å². The number of amides is 2. The van der Waals surface area contributed by atoms with Gasteiger partial charge in [-0.25, -0.2) is 0 Å². The van der Waals surface area contributed by atoms with Crippen LogP contribution in [-0.2, 0) is 16.0 Å². The number of hydrogen-bond acceptors (Lipinski definition) is 3. The van der Waals surface area contributed by atoms with Gasteiger partial charge in [-0.1, -0.05) is 6.07 Å². The van der Waals surface area contributed by atoms with Gasteiger partial charge in [0, 0.05) is 36.5 Å². The first-order valence-corrected chi connectivity index (χ1v) is 5.12. The lowest BCUT2D eigenvalue weighted by molar-refractivity contribution is -0.137. The minimum Gasteiger partial charge on any atom is -0.275 e. The standard InChI is InChI=1S/C12H12N2O2/c1-9-8-11(15)14(12(9)16)7-5-10-4-2-3-6-13-10/h2-4,6,8H,5,7H2,1H3. The first kappa shape index (κ1) is 10.5. The third-order valence-electron chi connectivity index (χ3n) is 2.51. The summed E-state index contributed by atoms with van der Waals surface area (Å²) in [6.07, 6.45) is 3.67. The van der Waals surface area contributed by atoms with Crippen molar-refractivity contribution in [1.29, 1.82) is 0 Å². The van der Waals surface area contributed by atoms with E-state index < -0.39 is 0 Å². The van der Waals surface area contributed by atoms with Crippen molar-refractivity contribution in [2.75, 3.05) is 6.54 Å². The van der Waals surface area contributed by atoms with Crippen LogP contribution < -0.4 is 0 Å². The topological polar surface area (TPSA) is 50.3 Å². The zero-order chi connectivity index (χ0) is 11.5. The second kappa shape index (κ2) is 4.26. The van der Waals surface area contributed by atoms with Crippen LogP contribution in [0, 0.1) is 0 Å². The fourth-order valence-corrected chi connectivity index (χ4v) is 1.62. The lowest BCUT2D eigenvalue weighted by Gasteiger charge is -2.13. The molecular formula is C12H12N2O2. The molecule has 0 N–H and O–H groups in total. The highest BCUT2D eigenvalue weighted by atomic mass is 16.2. The van der Waals surface area contributed by atoms with E-state index >= 15 is 0 Å². The summed E-state index contributed by atoms with van der Waals surface area (Å²) in [4.78, 5) is 28.4. The van der Waals surface area contributed by atoms with E-state index in [2.05, 4.69) is 4.98 Å². The van der Waals surface area contributed by atoms with Gasteiger partial charge in [0.1, 0.15) is 0 Å². The maximum Gasteiger partial charge on any atom is 0.256 e. The zero-order valence-electron chi connectivity index (χ0n) is 9.01. The van der Waals surface area contributed by atoms with Crippen molar-refractivity contribution in [3.63, 3.8) is 0 Å². The summed E-state index contributed by atoms with van der Waals surface area (Å²) in [7, 11) is 0. The molecule has 0 unspecified atom stereocenters. The minimum absolute atomic E-state index is 0.194. The number of rotatable bonds is 3. The van der Waals surface area contributed by atoms with Crippen LogP contribution in [0.4, 0.5) is 0 Å². The van der Waals surface area contributed by atoms with Crippen molar-refractivity contribution in [3.8, 4) is 0 Å². The number of imide groups is 1. The Morgan fingerprint density at radius 3 is 2.69 bits per heavy atom. The summed E-state index contributed by atoms with van der Waals surface area (Å²) < 4.78 is 0. The summed E-state index contributed by atoms with van der Waals surface area (Å²) in [5.41, 5.74) is 1.39. The summed E-state index contributed by atoms with van der Waals surface area (Å²) >= 11 is 0. The first-order chi connectivity index (χ1) is 7.68. The van der Waals surface area contributed by atoms with Crippen LogP contribution in [0.5, 0.6) is 0 Å². The summed E-state index contributed by atoms with van der Waals surface area (Å²) in [6.45, 7) is 2.05. The predicted molar refractivity (Wildman–Crippen MR) is 58.4 cm³/mol. The van der Waals surface area contributed by atoms with Crippen molar-refractivity contribution in [2.24, 2.45) is 0 Å². The van der Waals surface area contributed by atoms with Crippen LogP contribution in [0.2, 0.25) is 0 Å². The molecule has 1 aromatic rings. The fraction of sp³-hybridized carbons (Fsp3) is 0.250. The van der Waals surface area contributed by atoms with Crippen molar-refractivity contribution < 1.29 is 9.59 Å². The molecule has 82 valence electrons. The molecule has 0 aliphatic carbocycles. The van der Waals surface area contributed by atoms with Crippen LogP contribution in [0.1, 0.15) is 12.6 Å². The summed E-state index contributed by atoms with van der Waals surface area (Å²) in [6, 6.07) is 5.60. The molecular weight excluding hydrogens is 204 g/mol. The molecule has 1 aliphatic rings. The number of hydrogen-bond donors (Lipinski definition) is 0. The Balaban J connectivity index is 1.98. The molecule has 2 rings (SSSR count). The van der Waals surface area contributed by atoms with Gasteiger partial charge in [0.2, 0.25) is 0 Å². The summed E-state index contributed by atoms with van der Waals surface area (Å²) in [5, 5.41) is 0. The molecule has 0 fully saturated rings. The van der Waals surface area contributed by atoms with E-state index in [9.17, 15) is 9.59 Å². The van der Waals surface area contributed by atoms with Crippen LogP contribution in [-0.4, -0.2) is 28.2 Å². The molecule has 0 spiro atoms. The Morgan fingerprint density at radius 2 is 2.12 bits per heavy atom. The highest BCUT2D eigenvalue weighted by Crippen LogP contribution is 2.12. The molecule has 16 heavy (non-hydrogen) atoms. The Labute approximate surface area is 93.6 Å².